The fraction of sp³-hybridized carbons (Fsp3) is 0.846. The van der Waals surface area contributed by atoms with Crippen molar-refractivity contribution >= 4 is 23.8 Å². The SMILES string of the molecule is CCC(C)N(CC(=O)O)C(=O)NCC1CCCCS1. The van der Waals surface area contributed by atoms with Crippen molar-refractivity contribution in [3.8, 4) is 0 Å². The molecule has 0 aliphatic carbocycles. The first-order valence-corrected chi connectivity index (χ1v) is 7.97. The van der Waals surface area contributed by atoms with Gasteiger partial charge in [-0.1, -0.05) is 13.3 Å². The van der Waals surface area contributed by atoms with E-state index >= 15 is 0 Å². The van der Waals surface area contributed by atoms with E-state index in [2.05, 4.69) is 5.32 Å². The van der Waals surface area contributed by atoms with E-state index < -0.39 is 5.97 Å². The zero-order valence-electron chi connectivity index (χ0n) is 11.7. The Morgan fingerprint density at radius 3 is 2.74 bits per heavy atom. The average molecular weight is 288 g/mol. The number of urea groups is 1. The highest BCUT2D eigenvalue weighted by Crippen LogP contribution is 2.24. The molecule has 2 amide bonds. The molecule has 0 bridgehead atoms. The van der Waals surface area contributed by atoms with Crippen molar-refractivity contribution in [2.45, 2.75) is 50.8 Å². The lowest BCUT2D eigenvalue weighted by molar-refractivity contribution is -0.138. The highest BCUT2D eigenvalue weighted by molar-refractivity contribution is 7.99. The third kappa shape index (κ3) is 5.72. The van der Waals surface area contributed by atoms with Crippen molar-refractivity contribution in [2.24, 2.45) is 0 Å². The molecule has 1 aliphatic heterocycles. The predicted octanol–water partition coefficient (Wildman–Crippen LogP) is 2.17. The molecule has 5 nitrogen and oxygen atoms in total. The van der Waals surface area contributed by atoms with E-state index in [-0.39, 0.29) is 18.6 Å². The third-order valence-electron chi connectivity index (χ3n) is 3.44. The summed E-state index contributed by atoms with van der Waals surface area (Å²) >= 11 is 1.90. The smallest absolute Gasteiger partial charge is 0.323 e. The molecule has 1 rings (SSSR count). The maximum Gasteiger partial charge on any atom is 0.323 e. The monoisotopic (exact) mass is 288 g/mol. The van der Waals surface area contributed by atoms with E-state index in [4.69, 9.17) is 5.11 Å². The molecule has 2 atom stereocenters. The quantitative estimate of drug-likeness (QED) is 0.786. The fourth-order valence-corrected chi connectivity index (χ4v) is 3.30. The molecule has 0 aromatic carbocycles. The van der Waals surface area contributed by atoms with E-state index in [1.807, 2.05) is 25.6 Å². The average Bonchev–Trinajstić information content (AvgIpc) is 2.42. The van der Waals surface area contributed by atoms with Crippen LogP contribution >= 0.6 is 11.8 Å². The Kier molecular flexibility index (Phi) is 7.05. The van der Waals surface area contributed by atoms with Crippen molar-refractivity contribution in [2.75, 3.05) is 18.8 Å². The van der Waals surface area contributed by atoms with Gasteiger partial charge < -0.3 is 15.3 Å². The molecule has 19 heavy (non-hydrogen) atoms. The second-order valence-corrected chi connectivity index (χ2v) is 6.36. The number of hydrogen-bond donors (Lipinski definition) is 2. The van der Waals surface area contributed by atoms with Crippen LogP contribution in [-0.4, -0.2) is 52.1 Å². The normalized spacial score (nSPS) is 20.6. The van der Waals surface area contributed by atoms with E-state index in [0.29, 0.717) is 11.8 Å². The van der Waals surface area contributed by atoms with Crippen LogP contribution in [0.4, 0.5) is 4.79 Å². The van der Waals surface area contributed by atoms with Crippen molar-refractivity contribution in [1.29, 1.82) is 0 Å². The number of nitrogens with one attached hydrogen (secondary N) is 1. The van der Waals surface area contributed by atoms with Gasteiger partial charge in [-0.05, 0) is 31.9 Å². The van der Waals surface area contributed by atoms with Crippen molar-refractivity contribution in [1.82, 2.24) is 10.2 Å². The summed E-state index contributed by atoms with van der Waals surface area (Å²) in [6.45, 7) is 4.22. The summed E-state index contributed by atoms with van der Waals surface area (Å²) in [5, 5.41) is 12.2. The lowest BCUT2D eigenvalue weighted by atomic mass is 10.2. The highest BCUT2D eigenvalue weighted by atomic mass is 32.2. The number of carbonyl (C=O) groups is 2. The molecule has 2 unspecified atom stereocenters. The van der Waals surface area contributed by atoms with Crippen LogP contribution in [0.25, 0.3) is 0 Å². The largest absolute Gasteiger partial charge is 0.480 e. The molecule has 6 heteroatoms. The summed E-state index contributed by atoms with van der Waals surface area (Å²) in [5.41, 5.74) is 0. The zero-order valence-corrected chi connectivity index (χ0v) is 12.5. The van der Waals surface area contributed by atoms with Crippen LogP contribution in [0.2, 0.25) is 0 Å². The Hall–Kier alpha value is -0.910. The summed E-state index contributed by atoms with van der Waals surface area (Å²) in [4.78, 5) is 24.3. The molecular weight excluding hydrogens is 264 g/mol. The van der Waals surface area contributed by atoms with Crippen LogP contribution < -0.4 is 5.32 Å². The van der Waals surface area contributed by atoms with E-state index in [1.54, 1.807) is 0 Å². The van der Waals surface area contributed by atoms with Gasteiger partial charge in [-0.15, -0.1) is 0 Å². The zero-order chi connectivity index (χ0) is 14.3. The van der Waals surface area contributed by atoms with Gasteiger partial charge >= 0.3 is 12.0 Å². The lowest BCUT2D eigenvalue weighted by Crippen LogP contribution is -2.48. The van der Waals surface area contributed by atoms with Crippen molar-refractivity contribution in [3.63, 3.8) is 0 Å². The van der Waals surface area contributed by atoms with Gasteiger partial charge in [0, 0.05) is 17.8 Å². The standard InChI is InChI=1S/C13H24N2O3S/c1-3-10(2)15(9-12(16)17)13(18)14-8-11-6-4-5-7-19-11/h10-11H,3-9H2,1-2H3,(H,14,18)(H,16,17). The Balaban J connectivity index is 2.43. The van der Waals surface area contributed by atoms with Gasteiger partial charge in [0.05, 0.1) is 0 Å². The van der Waals surface area contributed by atoms with Crippen LogP contribution in [-0.2, 0) is 4.79 Å². The predicted molar refractivity (Wildman–Crippen MR) is 77.6 cm³/mol. The molecule has 2 N–H and O–H groups in total. The van der Waals surface area contributed by atoms with Crippen molar-refractivity contribution < 1.29 is 14.7 Å². The number of aliphatic carboxylic acids is 1. The Morgan fingerprint density at radius 1 is 1.47 bits per heavy atom. The van der Waals surface area contributed by atoms with Gasteiger partial charge in [-0.25, -0.2) is 4.79 Å². The van der Waals surface area contributed by atoms with Gasteiger partial charge in [0.1, 0.15) is 6.54 Å². The molecule has 1 fully saturated rings. The summed E-state index contributed by atoms with van der Waals surface area (Å²) in [6, 6.07) is -0.321. The summed E-state index contributed by atoms with van der Waals surface area (Å²) in [5.74, 6) is 0.188. The molecule has 1 saturated heterocycles. The number of hydrogen-bond acceptors (Lipinski definition) is 3. The number of amides is 2. The topological polar surface area (TPSA) is 69.6 Å². The molecule has 0 saturated carbocycles. The molecule has 110 valence electrons. The first kappa shape index (κ1) is 16.1. The van der Waals surface area contributed by atoms with Gasteiger partial charge in [0.25, 0.3) is 0 Å². The van der Waals surface area contributed by atoms with Gasteiger partial charge in [0.2, 0.25) is 0 Å². The number of carboxylic acid groups (broad SMARTS) is 1. The van der Waals surface area contributed by atoms with Crippen LogP contribution in [0.5, 0.6) is 0 Å². The van der Waals surface area contributed by atoms with E-state index in [9.17, 15) is 9.59 Å². The third-order valence-corrected chi connectivity index (χ3v) is 4.84. The second-order valence-electron chi connectivity index (χ2n) is 4.95. The Labute approximate surface area is 119 Å². The minimum atomic E-state index is -0.970. The molecule has 0 aromatic heterocycles. The first-order chi connectivity index (χ1) is 9.04. The summed E-state index contributed by atoms with van der Waals surface area (Å²) in [6.07, 6.45) is 4.36. The molecule has 1 aliphatic rings. The fourth-order valence-electron chi connectivity index (χ4n) is 2.06. The number of carbonyl (C=O) groups excluding carboxylic acids is 1. The highest BCUT2D eigenvalue weighted by Gasteiger charge is 2.22. The van der Waals surface area contributed by atoms with Crippen LogP contribution in [0.3, 0.4) is 0 Å². The van der Waals surface area contributed by atoms with E-state index in [1.165, 1.54) is 17.7 Å². The minimum absolute atomic E-state index is 0.0601. The lowest BCUT2D eigenvalue weighted by Gasteiger charge is -2.28. The first-order valence-electron chi connectivity index (χ1n) is 6.92. The summed E-state index contributed by atoms with van der Waals surface area (Å²) < 4.78 is 0. The number of nitrogens with zero attached hydrogens (tertiary/aromatic N) is 1. The van der Waals surface area contributed by atoms with Gasteiger partial charge in [-0.3, -0.25) is 4.79 Å². The molecular formula is C13H24N2O3S. The van der Waals surface area contributed by atoms with Crippen molar-refractivity contribution in [3.05, 3.63) is 0 Å². The minimum Gasteiger partial charge on any atom is -0.480 e. The number of rotatable bonds is 6. The summed E-state index contributed by atoms with van der Waals surface area (Å²) in [7, 11) is 0. The van der Waals surface area contributed by atoms with Crippen LogP contribution in [0.15, 0.2) is 0 Å². The van der Waals surface area contributed by atoms with Gasteiger partial charge in [-0.2, -0.15) is 11.8 Å². The van der Waals surface area contributed by atoms with E-state index in [0.717, 1.165) is 18.6 Å². The van der Waals surface area contributed by atoms with Crippen LogP contribution in [0, 0.1) is 0 Å². The Morgan fingerprint density at radius 2 is 2.21 bits per heavy atom. The maximum absolute atomic E-state index is 12.1. The number of thioether (sulfide) groups is 1. The molecule has 1 heterocycles. The van der Waals surface area contributed by atoms with Crippen LogP contribution in [0.1, 0.15) is 39.5 Å². The Bertz CT molecular complexity index is 306. The second kappa shape index (κ2) is 8.30. The molecule has 0 spiro atoms. The number of carboxylic acids is 1. The maximum atomic E-state index is 12.1. The molecule has 0 radical (unpaired) electrons. The van der Waals surface area contributed by atoms with Gasteiger partial charge in [0.15, 0.2) is 0 Å². The molecule has 0 aromatic rings.